The van der Waals surface area contributed by atoms with Gasteiger partial charge in [-0.1, -0.05) is 29.4 Å². The molecule has 0 aliphatic carbocycles. The molecule has 0 spiro atoms. The van der Waals surface area contributed by atoms with Gasteiger partial charge in [0.25, 0.3) is 0 Å². The molecule has 1 aliphatic heterocycles. The molecule has 1 fully saturated rings. The third-order valence-electron chi connectivity index (χ3n) is 5.25. The predicted octanol–water partition coefficient (Wildman–Crippen LogP) is 3.94. The number of aromatic nitrogens is 2. The van der Waals surface area contributed by atoms with Crippen LogP contribution in [0.4, 0.5) is 13.2 Å². The van der Waals surface area contributed by atoms with E-state index in [1.165, 1.54) is 17.7 Å². The summed E-state index contributed by atoms with van der Waals surface area (Å²) < 4.78 is 43.4. The van der Waals surface area contributed by atoms with Gasteiger partial charge in [-0.05, 0) is 29.8 Å². The highest BCUT2D eigenvalue weighted by Gasteiger charge is 2.30. The Kier molecular flexibility index (Phi) is 6.02. The zero-order valence-electron chi connectivity index (χ0n) is 16.6. The van der Waals surface area contributed by atoms with Crippen LogP contribution < -0.4 is 0 Å². The molecule has 0 bridgehead atoms. The largest absolute Gasteiger partial charge is 0.416 e. The van der Waals surface area contributed by atoms with Crippen molar-refractivity contribution < 1.29 is 17.7 Å². The van der Waals surface area contributed by atoms with Crippen LogP contribution in [-0.2, 0) is 19.3 Å². The molecule has 0 amide bonds. The molecule has 0 radical (unpaired) electrons. The van der Waals surface area contributed by atoms with E-state index in [4.69, 9.17) is 9.78 Å². The molecule has 1 aliphatic rings. The van der Waals surface area contributed by atoms with Crippen LogP contribution in [0.5, 0.6) is 0 Å². The molecule has 6 nitrogen and oxygen atoms in total. The number of rotatable bonds is 5. The maximum atomic E-state index is 12.7. The molecule has 0 unspecified atom stereocenters. The van der Waals surface area contributed by atoms with Gasteiger partial charge in [0, 0.05) is 38.3 Å². The van der Waals surface area contributed by atoms with Gasteiger partial charge in [0.15, 0.2) is 0 Å². The Bertz CT molecular complexity index is 1050. The maximum absolute atomic E-state index is 12.7. The molecule has 0 atom stereocenters. The van der Waals surface area contributed by atoms with Gasteiger partial charge in [0.05, 0.1) is 23.7 Å². The van der Waals surface area contributed by atoms with Crippen molar-refractivity contribution >= 4 is 0 Å². The molecule has 3 aromatic rings. The summed E-state index contributed by atoms with van der Waals surface area (Å²) in [4.78, 5) is 8.88. The first-order chi connectivity index (χ1) is 14.9. The van der Waals surface area contributed by atoms with Crippen molar-refractivity contribution in [3.8, 4) is 17.5 Å². The van der Waals surface area contributed by atoms with Crippen molar-refractivity contribution in [1.29, 1.82) is 5.26 Å². The lowest BCUT2D eigenvalue weighted by atomic mass is 10.1. The number of nitrogens with zero attached hydrogens (tertiary/aromatic N) is 5. The second kappa shape index (κ2) is 8.88. The predicted molar refractivity (Wildman–Crippen MR) is 106 cm³/mol. The van der Waals surface area contributed by atoms with Gasteiger partial charge < -0.3 is 4.52 Å². The molecule has 2 aromatic carbocycles. The molecule has 31 heavy (non-hydrogen) atoms. The quantitative estimate of drug-likeness (QED) is 0.614. The molecule has 4 rings (SSSR count). The second-order valence-corrected chi connectivity index (χ2v) is 7.45. The van der Waals surface area contributed by atoms with Crippen molar-refractivity contribution in [2.75, 3.05) is 26.2 Å². The number of nitriles is 1. The summed E-state index contributed by atoms with van der Waals surface area (Å²) >= 11 is 0. The Balaban J connectivity index is 1.29. The van der Waals surface area contributed by atoms with E-state index in [0.717, 1.165) is 44.9 Å². The fraction of sp³-hybridized carbons (Fsp3) is 0.318. The molecule has 9 heteroatoms. The van der Waals surface area contributed by atoms with E-state index >= 15 is 0 Å². The van der Waals surface area contributed by atoms with Crippen LogP contribution in [0.25, 0.3) is 11.4 Å². The fourth-order valence-electron chi connectivity index (χ4n) is 3.48. The monoisotopic (exact) mass is 427 g/mol. The number of piperazine rings is 1. The van der Waals surface area contributed by atoms with Crippen LogP contribution in [0.15, 0.2) is 53.1 Å². The van der Waals surface area contributed by atoms with Gasteiger partial charge in [0.2, 0.25) is 11.7 Å². The van der Waals surface area contributed by atoms with Crippen molar-refractivity contribution in [2.45, 2.75) is 19.3 Å². The molecule has 1 aromatic heterocycles. The van der Waals surface area contributed by atoms with Crippen molar-refractivity contribution in [1.82, 2.24) is 19.9 Å². The summed E-state index contributed by atoms with van der Waals surface area (Å²) in [5, 5.41) is 12.8. The Morgan fingerprint density at radius 3 is 2.10 bits per heavy atom. The number of hydrogen-bond donors (Lipinski definition) is 0. The van der Waals surface area contributed by atoms with Crippen LogP contribution >= 0.6 is 0 Å². The van der Waals surface area contributed by atoms with Gasteiger partial charge in [-0.2, -0.15) is 23.4 Å². The first-order valence-corrected chi connectivity index (χ1v) is 9.85. The Morgan fingerprint density at radius 2 is 1.52 bits per heavy atom. The number of benzene rings is 2. The average molecular weight is 427 g/mol. The molecule has 1 saturated heterocycles. The van der Waals surface area contributed by atoms with Crippen LogP contribution in [-0.4, -0.2) is 46.1 Å². The number of halogens is 3. The molecular formula is C22H20F3N5O. The minimum absolute atomic E-state index is 0.281. The van der Waals surface area contributed by atoms with E-state index in [9.17, 15) is 13.2 Å². The molecule has 0 N–H and O–H groups in total. The smallest absolute Gasteiger partial charge is 0.338 e. The third kappa shape index (κ3) is 5.29. The standard InChI is InChI=1S/C22H20F3N5O/c23-22(24,25)19-7-5-18(6-8-19)21-27-20(31-28-21)15-30-11-9-29(10-12-30)14-17-3-1-16(13-26)2-4-17/h1-8H,9-12,14-15H2. The summed E-state index contributed by atoms with van der Waals surface area (Å²) in [6.07, 6.45) is -4.37. The Hall–Kier alpha value is -3.22. The van der Waals surface area contributed by atoms with Gasteiger partial charge in [0.1, 0.15) is 0 Å². The summed E-state index contributed by atoms with van der Waals surface area (Å²) in [6.45, 7) is 4.79. The van der Waals surface area contributed by atoms with Gasteiger partial charge in [-0.25, -0.2) is 0 Å². The molecule has 160 valence electrons. The van der Waals surface area contributed by atoms with Gasteiger partial charge in [-0.15, -0.1) is 0 Å². The summed E-state index contributed by atoms with van der Waals surface area (Å²) in [7, 11) is 0. The van der Waals surface area contributed by atoms with Crippen LogP contribution in [0.1, 0.15) is 22.6 Å². The normalized spacial score (nSPS) is 15.7. The number of hydrogen-bond acceptors (Lipinski definition) is 6. The lowest BCUT2D eigenvalue weighted by molar-refractivity contribution is -0.137. The van der Waals surface area contributed by atoms with E-state index in [-0.39, 0.29) is 5.82 Å². The highest BCUT2D eigenvalue weighted by atomic mass is 19.4. The lowest BCUT2D eigenvalue weighted by Gasteiger charge is -2.33. The molecule has 2 heterocycles. The fourth-order valence-corrected chi connectivity index (χ4v) is 3.48. The average Bonchev–Trinajstić information content (AvgIpc) is 3.24. The maximum Gasteiger partial charge on any atom is 0.416 e. The zero-order valence-corrected chi connectivity index (χ0v) is 16.6. The van der Waals surface area contributed by atoms with Crippen molar-refractivity contribution in [3.63, 3.8) is 0 Å². The Labute approximate surface area is 177 Å². The molecule has 0 saturated carbocycles. The summed E-state index contributed by atoms with van der Waals surface area (Å²) in [5.41, 5.74) is 1.60. The van der Waals surface area contributed by atoms with Crippen LogP contribution in [0, 0.1) is 11.3 Å². The minimum Gasteiger partial charge on any atom is -0.338 e. The lowest BCUT2D eigenvalue weighted by Crippen LogP contribution is -2.45. The van der Waals surface area contributed by atoms with E-state index in [1.807, 2.05) is 24.3 Å². The highest BCUT2D eigenvalue weighted by molar-refractivity contribution is 5.54. The summed E-state index contributed by atoms with van der Waals surface area (Å²) in [5.74, 6) is 0.721. The third-order valence-corrected chi connectivity index (χ3v) is 5.25. The van der Waals surface area contributed by atoms with Gasteiger partial charge >= 0.3 is 6.18 Å². The molecular weight excluding hydrogens is 407 g/mol. The first-order valence-electron chi connectivity index (χ1n) is 9.85. The van der Waals surface area contributed by atoms with Crippen LogP contribution in [0.2, 0.25) is 0 Å². The SMILES string of the molecule is N#Cc1ccc(CN2CCN(Cc3nc(-c4ccc(C(F)(F)F)cc4)no3)CC2)cc1. The van der Waals surface area contributed by atoms with E-state index in [1.54, 1.807) is 0 Å². The van der Waals surface area contributed by atoms with Crippen molar-refractivity contribution in [3.05, 3.63) is 71.1 Å². The minimum atomic E-state index is -4.37. The summed E-state index contributed by atoms with van der Waals surface area (Å²) in [6, 6.07) is 14.5. The highest BCUT2D eigenvalue weighted by Crippen LogP contribution is 2.30. The topological polar surface area (TPSA) is 69.2 Å². The van der Waals surface area contributed by atoms with Gasteiger partial charge in [-0.3, -0.25) is 9.80 Å². The van der Waals surface area contributed by atoms with E-state index in [0.29, 0.717) is 23.6 Å². The first kappa shape index (κ1) is 21.0. The zero-order chi connectivity index (χ0) is 21.8. The van der Waals surface area contributed by atoms with Crippen LogP contribution in [0.3, 0.4) is 0 Å². The van der Waals surface area contributed by atoms with Crippen molar-refractivity contribution in [2.24, 2.45) is 0 Å². The number of alkyl halides is 3. The Morgan fingerprint density at radius 1 is 0.903 bits per heavy atom. The van der Waals surface area contributed by atoms with E-state index < -0.39 is 11.7 Å². The second-order valence-electron chi connectivity index (χ2n) is 7.45. The van der Waals surface area contributed by atoms with E-state index in [2.05, 4.69) is 26.0 Å².